The highest BCUT2D eigenvalue weighted by molar-refractivity contribution is 5.44. The van der Waals surface area contributed by atoms with Crippen LogP contribution in [0.2, 0.25) is 0 Å². The van der Waals surface area contributed by atoms with Crippen molar-refractivity contribution in [3.63, 3.8) is 0 Å². The van der Waals surface area contributed by atoms with Crippen molar-refractivity contribution in [3.8, 4) is 5.69 Å². The predicted molar refractivity (Wildman–Crippen MR) is 55.9 cm³/mol. The van der Waals surface area contributed by atoms with Crippen LogP contribution in [0.25, 0.3) is 5.69 Å². The van der Waals surface area contributed by atoms with Crippen molar-refractivity contribution in [3.05, 3.63) is 48.3 Å². The Morgan fingerprint density at radius 3 is 2.43 bits per heavy atom. The fraction of sp³-hybridized carbons (Fsp3) is 0.0909. The minimum absolute atomic E-state index is 0.686. The van der Waals surface area contributed by atoms with Gasteiger partial charge in [-0.25, -0.2) is 0 Å². The largest absolute Gasteiger partial charge is 0.322 e. The number of benzene rings is 1. The van der Waals surface area contributed by atoms with Crippen molar-refractivity contribution in [2.75, 3.05) is 5.48 Å². The molecule has 0 aliphatic rings. The Labute approximate surface area is 82.6 Å². The molecule has 3 nitrogen and oxygen atoms in total. The first kappa shape index (κ1) is 8.84. The molecule has 0 saturated carbocycles. The summed E-state index contributed by atoms with van der Waals surface area (Å²) >= 11 is 0. The lowest BCUT2D eigenvalue weighted by Crippen LogP contribution is -1.90. The first-order chi connectivity index (χ1) is 6.79. The van der Waals surface area contributed by atoms with Crippen LogP contribution in [0, 0.1) is 6.92 Å². The summed E-state index contributed by atoms with van der Waals surface area (Å²) in [6.07, 6.45) is 3.72. The van der Waals surface area contributed by atoms with Gasteiger partial charge in [0.25, 0.3) is 0 Å². The maximum absolute atomic E-state index is 8.68. The van der Waals surface area contributed by atoms with Crippen molar-refractivity contribution in [1.82, 2.24) is 4.57 Å². The molecule has 1 aromatic carbocycles. The van der Waals surface area contributed by atoms with Gasteiger partial charge in [-0.2, -0.15) is 0 Å². The first-order valence-electron chi connectivity index (χ1n) is 4.45. The Morgan fingerprint density at radius 2 is 1.86 bits per heavy atom. The molecule has 0 saturated heterocycles. The van der Waals surface area contributed by atoms with E-state index in [2.05, 4.69) is 24.5 Å². The molecule has 1 heterocycles. The van der Waals surface area contributed by atoms with Gasteiger partial charge in [0.15, 0.2) is 0 Å². The van der Waals surface area contributed by atoms with E-state index in [4.69, 9.17) is 5.21 Å². The Hall–Kier alpha value is -1.74. The number of aromatic nitrogens is 1. The molecule has 0 atom stereocenters. The lowest BCUT2D eigenvalue weighted by atomic mass is 10.2. The molecule has 3 heteroatoms. The molecule has 72 valence electrons. The monoisotopic (exact) mass is 188 g/mol. The zero-order valence-corrected chi connectivity index (χ0v) is 7.94. The van der Waals surface area contributed by atoms with E-state index in [1.54, 1.807) is 6.07 Å². The van der Waals surface area contributed by atoms with Crippen molar-refractivity contribution in [2.45, 2.75) is 6.92 Å². The number of anilines is 1. The molecule has 1 aromatic heterocycles. The summed E-state index contributed by atoms with van der Waals surface area (Å²) in [7, 11) is 0. The van der Waals surface area contributed by atoms with E-state index >= 15 is 0 Å². The average Bonchev–Trinajstić information content (AvgIpc) is 2.67. The molecule has 0 bridgehead atoms. The van der Waals surface area contributed by atoms with Gasteiger partial charge in [-0.15, -0.1) is 0 Å². The molecule has 0 radical (unpaired) electrons. The Balaban J connectivity index is 2.34. The Morgan fingerprint density at radius 1 is 1.14 bits per heavy atom. The second-order valence-electron chi connectivity index (χ2n) is 3.25. The smallest absolute Gasteiger partial charge is 0.0782 e. The van der Waals surface area contributed by atoms with Crippen molar-refractivity contribution >= 4 is 5.69 Å². The van der Waals surface area contributed by atoms with Crippen LogP contribution in [0.15, 0.2) is 42.7 Å². The number of rotatable bonds is 2. The predicted octanol–water partition coefficient (Wildman–Crippen LogP) is 2.59. The van der Waals surface area contributed by atoms with Crippen LogP contribution in [0.1, 0.15) is 5.56 Å². The van der Waals surface area contributed by atoms with Crippen LogP contribution in [0.3, 0.4) is 0 Å². The molecular weight excluding hydrogens is 176 g/mol. The van der Waals surface area contributed by atoms with Gasteiger partial charge in [0.1, 0.15) is 0 Å². The highest BCUT2D eigenvalue weighted by Gasteiger charge is 1.97. The first-order valence-corrected chi connectivity index (χ1v) is 4.45. The van der Waals surface area contributed by atoms with Gasteiger partial charge in [0.05, 0.1) is 5.69 Å². The Kier molecular flexibility index (Phi) is 2.24. The molecule has 0 aliphatic heterocycles. The van der Waals surface area contributed by atoms with E-state index in [0.29, 0.717) is 5.69 Å². The van der Waals surface area contributed by atoms with Gasteiger partial charge in [0.2, 0.25) is 0 Å². The molecule has 2 rings (SSSR count). The third-order valence-electron chi connectivity index (χ3n) is 2.15. The van der Waals surface area contributed by atoms with Gasteiger partial charge < -0.3 is 4.57 Å². The lowest BCUT2D eigenvalue weighted by molar-refractivity contribution is 0.389. The van der Waals surface area contributed by atoms with E-state index in [0.717, 1.165) is 5.69 Å². The van der Waals surface area contributed by atoms with Crippen LogP contribution in [-0.4, -0.2) is 9.77 Å². The molecule has 0 aliphatic carbocycles. The zero-order valence-electron chi connectivity index (χ0n) is 7.94. The van der Waals surface area contributed by atoms with Gasteiger partial charge in [-0.1, -0.05) is 17.7 Å². The highest BCUT2D eigenvalue weighted by Crippen LogP contribution is 2.14. The number of nitrogens with zero attached hydrogens (tertiary/aromatic N) is 1. The summed E-state index contributed by atoms with van der Waals surface area (Å²) in [4.78, 5) is 0. The van der Waals surface area contributed by atoms with Gasteiger partial charge in [0, 0.05) is 18.1 Å². The van der Waals surface area contributed by atoms with E-state index in [1.165, 1.54) is 5.56 Å². The van der Waals surface area contributed by atoms with Crippen molar-refractivity contribution in [1.29, 1.82) is 0 Å². The number of nitrogens with one attached hydrogen (secondary N) is 1. The summed E-state index contributed by atoms with van der Waals surface area (Å²) in [5.41, 5.74) is 5.11. The summed E-state index contributed by atoms with van der Waals surface area (Å²) in [5.74, 6) is 0. The minimum atomic E-state index is 0.686. The molecular formula is C11H12N2O. The fourth-order valence-electron chi connectivity index (χ4n) is 1.34. The van der Waals surface area contributed by atoms with Gasteiger partial charge in [-0.05, 0) is 25.1 Å². The van der Waals surface area contributed by atoms with Crippen LogP contribution < -0.4 is 5.48 Å². The molecule has 2 N–H and O–H groups in total. The van der Waals surface area contributed by atoms with Crippen molar-refractivity contribution in [2.24, 2.45) is 0 Å². The molecule has 0 amide bonds. The number of aryl methyl sites for hydroxylation is 1. The maximum atomic E-state index is 8.68. The van der Waals surface area contributed by atoms with Crippen LogP contribution in [0.4, 0.5) is 5.69 Å². The molecule has 14 heavy (non-hydrogen) atoms. The maximum Gasteiger partial charge on any atom is 0.0782 e. The average molecular weight is 188 g/mol. The number of hydrogen-bond donors (Lipinski definition) is 2. The third kappa shape index (κ3) is 1.63. The van der Waals surface area contributed by atoms with Crippen LogP contribution >= 0.6 is 0 Å². The SMILES string of the molecule is Cc1ccc(-n2ccc(NO)c2)cc1. The quantitative estimate of drug-likeness (QED) is 0.711. The van der Waals surface area contributed by atoms with E-state index < -0.39 is 0 Å². The normalized spacial score (nSPS) is 10.1. The standard InChI is InChI=1S/C11H12N2O/c1-9-2-4-11(5-3-9)13-7-6-10(8-13)12-14/h2-8,12,14H,1H3. The van der Waals surface area contributed by atoms with Crippen LogP contribution in [0.5, 0.6) is 0 Å². The fourth-order valence-corrected chi connectivity index (χ4v) is 1.34. The summed E-state index contributed by atoms with van der Waals surface area (Å²) in [6.45, 7) is 2.06. The third-order valence-corrected chi connectivity index (χ3v) is 2.15. The molecule has 0 spiro atoms. The topological polar surface area (TPSA) is 37.2 Å². The number of hydrogen-bond acceptors (Lipinski definition) is 2. The lowest BCUT2D eigenvalue weighted by Gasteiger charge is -2.02. The molecule has 0 unspecified atom stereocenters. The van der Waals surface area contributed by atoms with E-state index in [-0.39, 0.29) is 0 Å². The summed E-state index contributed by atoms with van der Waals surface area (Å²) < 4.78 is 1.94. The molecule has 0 fully saturated rings. The molecule has 2 aromatic rings. The minimum Gasteiger partial charge on any atom is -0.322 e. The second-order valence-corrected chi connectivity index (χ2v) is 3.25. The van der Waals surface area contributed by atoms with Crippen molar-refractivity contribution < 1.29 is 5.21 Å². The zero-order chi connectivity index (χ0) is 9.97. The second kappa shape index (κ2) is 3.55. The van der Waals surface area contributed by atoms with E-state index in [9.17, 15) is 0 Å². The highest BCUT2D eigenvalue weighted by atomic mass is 16.5. The summed E-state index contributed by atoms with van der Waals surface area (Å²) in [6, 6.07) is 10.00. The van der Waals surface area contributed by atoms with Gasteiger partial charge >= 0.3 is 0 Å². The van der Waals surface area contributed by atoms with Gasteiger partial charge in [-0.3, -0.25) is 10.7 Å². The van der Waals surface area contributed by atoms with E-state index in [1.807, 2.05) is 29.1 Å². The Bertz CT molecular complexity index is 417. The summed E-state index contributed by atoms with van der Waals surface area (Å²) in [5, 5.41) is 8.68. The van der Waals surface area contributed by atoms with Crippen LogP contribution in [-0.2, 0) is 0 Å².